The zero-order valence-electron chi connectivity index (χ0n) is 9.57. The minimum atomic E-state index is -0.815. The summed E-state index contributed by atoms with van der Waals surface area (Å²) >= 11 is 5.93. The predicted molar refractivity (Wildman–Crippen MR) is 63.4 cm³/mol. The minimum Gasteiger partial charge on any atom is -0.503 e. The first-order chi connectivity index (χ1) is 8.01. The first-order valence-corrected chi connectivity index (χ1v) is 5.26. The summed E-state index contributed by atoms with van der Waals surface area (Å²) in [5.74, 6) is -0.425. The molecular formula is C11H14ClNO4. The molecule has 0 aromatic heterocycles. The number of phenolic OH excluding ortho intramolecular Hbond substituents is 1. The van der Waals surface area contributed by atoms with E-state index in [0.29, 0.717) is 5.56 Å². The molecule has 0 aliphatic heterocycles. The molecule has 0 spiro atoms. The number of nitrogens with two attached hydrogens (primary N) is 1. The highest BCUT2D eigenvalue weighted by atomic mass is 35.5. The van der Waals surface area contributed by atoms with Crippen LogP contribution in [0.15, 0.2) is 12.1 Å². The molecule has 0 aliphatic rings. The number of ether oxygens (including phenoxy) is 2. The summed E-state index contributed by atoms with van der Waals surface area (Å²) in [6.07, 6.45) is 0.184. The zero-order valence-corrected chi connectivity index (χ0v) is 10.3. The number of esters is 1. The number of aromatic hydroxyl groups is 1. The average Bonchev–Trinajstić information content (AvgIpc) is 2.34. The summed E-state index contributed by atoms with van der Waals surface area (Å²) in [5.41, 5.74) is 6.16. The van der Waals surface area contributed by atoms with Crippen LogP contribution in [0.1, 0.15) is 5.56 Å². The van der Waals surface area contributed by atoms with Gasteiger partial charge in [0, 0.05) is 0 Å². The molecule has 0 radical (unpaired) electrons. The molecule has 1 unspecified atom stereocenters. The van der Waals surface area contributed by atoms with Crippen LogP contribution in [-0.4, -0.2) is 31.3 Å². The molecule has 0 amide bonds. The van der Waals surface area contributed by atoms with Gasteiger partial charge in [0.05, 0.1) is 19.2 Å². The number of benzene rings is 1. The van der Waals surface area contributed by atoms with Crippen LogP contribution >= 0.6 is 11.6 Å². The van der Waals surface area contributed by atoms with Crippen molar-refractivity contribution in [2.45, 2.75) is 12.5 Å². The van der Waals surface area contributed by atoms with Crippen molar-refractivity contribution in [2.75, 3.05) is 14.2 Å². The van der Waals surface area contributed by atoms with Gasteiger partial charge in [-0.25, -0.2) is 0 Å². The number of halogens is 1. The Bertz CT molecular complexity index is 422. The van der Waals surface area contributed by atoms with E-state index in [1.165, 1.54) is 14.2 Å². The molecule has 17 heavy (non-hydrogen) atoms. The number of phenols is 1. The third-order valence-corrected chi connectivity index (χ3v) is 2.74. The van der Waals surface area contributed by atoms with Crippen LogP contribution in [0.3, 0.4) is 0 Å². The first kappa shape index (κ1) is 13.6. The van der Waals surface area contributed by atoms with E-state index >= 15 is 0 Å². The van der Waals surface area contributed by atoms with Crippen molar-refractivity contribution in [3.63, 3.8) is 0 Å². The van der Waals surface area contributed by atoms with Crippen LogP contribution in [0.2, 0.25) is 5.02 Å². The fourth-order valence-electron chi connectivity index (χ4n) is 1.38. The molecule has 0 saturated heterocycles. The Morgan fingerprint density at radius 3 is 2.71 bits per heavy atom. The number of hydrogen-bond acceptors (Lipinski definition) is 5. The van der Waals surface area contributed by atoms with E-state index in [2.05, 4.69) is 4.74 Å². The van der Waals surface area contributed by atoms with Gasteiger partial charge in [0.15, 0.2) is 11.5 Å². The van der Waals surface area contributed by atoms with E-state index in [1.54, 1.807) is 12.1 Å². The molecule has 6 heteroatoms. The molecule has 1 rings (SSSR count). The first-order valence-electron chi connectivity index (χ1n) is 4.89. The lowest BCUT2D eigenvalue weighted by Crippen LogP contribution is -2.33. The Morgan fingerprint density at radius 2 is 2.18 bits per heavy atom. The molecule has 0 bridgehead atoms. The Labute approximate surface area is 104 Å². The van der Waals surface area contributed by atoms with Crippen molar-refractivity contribution in [1.82, 2.24) is 0 Å². The van der Waals surface area contributed by atoms with E-state index < -0.39 is 12.0 Å². The molecule has 1 aromatic carbocycles. The molecule has 5 nitrogen and oxygen atoms in total. The number of carbonyl (C=O) groups is 1. The van der Waals surface area contributed by atoms with Crippen molar-refractivity contribution in [2.24, 2.45) is 5.73 Å². The molecular weight excluding hydrogens is 246 g/mol. The molecule has 1 aromatic rings. The number of rotatable bonds is 4. The third kappa shape index (κ3) is 3.01. The largest absolute Gasteiger partial charge is 0.503 e. The Kier molecular flexibility index (Phi) is 4.60. The maximum absolute atomic E-state index is 11.2. The monoisotopic (exact) mass is 259 g/mol. The van der Waals surface area contributed by atoms with Crippen molar-refractivity contribution < 1.29 is 19.4 Å². The minimum absolute atomic E-state index is 0.128. The van der Waals surface area contributed by atoms with Gasteiger partial charge in [-0.1, -0.05) is 17.7 Å². The molecule has 1 atom stereocenters. The van der Waals surface area contributed by atoms with E-state index in [4.69, 9.17) is 22.1 Å². The average molecular weight is 260 g/mol. The topological polar surface area (TPSA) is 81.8 Å². The molecule has 0 heterocycles. The van der Waals surface area contributed by atoms with Gasteiger partial charge in [0.25, 0.3) is 0 Å². The smallest absolute Gasteiger partial charge is 0.322 e. The van der Waals surface area contributed by atoms with Gasteiger partial charge in [0.1, 0.15) is 6.04 Å². The number of carbonyl (C=O) groups excluding carboxylic acids is 1. The van der Waals surface area contributed by atoms with E-state index in [1.807, 2.05) is 0 Å². The van der Waals surface area contributed by atoms with Crippen LogP contribution in [0, 0.1) is 0 Å². The van der Waals surface area contributed by atoms with Gasteiger partial charge in [-0.2, -0.15) is 0 Å². The van der Waals surface area contributed by atoms with Gasteiger partial charge < -0.3 is 20.3 Å². The van der Waals surface area contributed by atoms with Gasteiger partial charge in [-0.3, -0.25) is 4.79 Å². The molecule has 94 valence electrons. The second kappa shape index (κ2) is 5.75. The molecule has 0 saturated carbocycles. The van der Waals surface area contributed by atoms with Gasteiger partial charge in [-0.05, 0) is 18.1 Å². The highest BCUT2D eigenvalue weighted by Gasteiger charge is 2.18. The molecule has 0 fully saturated rings. The van der Waals surface area contributed by atoms with E-state index in [-0.39, 0.29) is 22.9 Å². The summed E-state index contributed by atoms with van der Waals surface area (Å²) in [5, 5.41) is 9.80. The standard InChI is InChI=1S/C11H14ClNO4/c1-16-8-4-3-6(9(12)10(8)14)5-7(13)11(15)17-2/h3-4,7,14H,5,13H2,1-2H3. The fourth-order valence-corrected chi connectivity index (χ4v) is 1.62. The fraction of sp³-hybridized carbons (Fsp3) is 0.364. The second-order valence-electron chi connectivity index (χ2n) is 3.42. The highest BCUT2D eigenvalue weighted by molar-refractivity contribution is 6.33. The zero-order chi connectivity index (χ0) is 13.0. The van der Waals surface area contributed by atoms with Gasteiger partial charge in [-0.15, -0.1) is 0 Å². The number of hydrogen-bond donors (Lipinski definition) is 2. The molecule has 0 aliphatic carbocycles. The van der Waals surface area contributed by atoms with Gasteiger partial charge in [0.2, 0.25) is 0 Å². The quantitative estimate of drug-likeness (QED) is 0.792. The van der Waals surface area contributed by atoms with Crippen LogP contribution < -0.4 is 10.5 Å². The Balaban J connectivity index is 2.93. The van der Waals surface area contributed by atoms with Crippen molar-refractivity contribution in [3.8, 4) is 11.5 Å². The summed E-state index contributed by atoms with van der Waals surface area (Å²) in [4.78, 5) is 11.2. The lowest BCUT2D eigenvalue weighted by atomic mass is 10.1. The lowest BCUT2D eigenvalue weighted by Gasteiger charge is -2.12. The molecule has 3 N–H and O–H groups in total. The lowest BCUT2D eigenvalue weighted by molar-refractivity contribution is -0.142. The predicted octanol–water partition coefficient (Wildman–Crippen LogP) is 1.10. The SMILES string of the molecule is COC(=O)C(N)Cc1ccc(OC)c(O)c1Cl. The van der Waals surface area contributed by atoms with Crippen molar-refractivity contribution in [1.29, 1.82) is 0 Å². The Morgan fingerprint density at radius 1 is 1.53 bits per heavy atom. The Hall–Kier alpha value is -1.46. The van der Waals surface area contributed by atoms with Gasteiger partial charge >= 0.3 is 5.97 Å². The highest BCUT2D eigenvalue weighted by Crippen LogP contribution is 2.36. The van der Waals surface area contributed by atoms with Crippen LogP contribution in [-0.2, 0) is 16.0 Å². The van der Waals surface area contributed by atoms with E-state index in [0.717, 1.165) is 0 Å². The van der Waals surface area contributed by atoms with Crippen molar-refractivity contribution >= 4 is 17.6 Å². The maximum Gasteiger partial charge on any atom is 0.322 e. The maximum atomic E-state index is 11.2. The second-order valence-corrected chi connectivity index (χ2v) is 3.80. The summed E-state index contributed by atoms with van der Waals surface area (Å²) in [6, 6.07) is 2.38. The third-order valence-electron chi connectivity index (χ3n) is 2.32. The summed E-state index contributed by atoms with van der Waals surface area (Å²) < 4.78 is 9.40. The van der Waals surface area contributed by atoms with Crippen molar-refractivity contribution in [3.05, 3.63) is 22.7 Å². The summed E-state index contributed by atoms with van der Waals surface area (Å²) in [7, 11) is 2.68. The van der Waals surface area contributed by atoms with Crippen LogP contribution in [0.25, 0.3) is 0 Å². The normalized spacial score (nSPS) is 12.0. The number of methoxy groups -OCH3 is 2. The summed E-state index contributed by atoms with van der Waals surface area (Å²) in [6.45, 7) is 0. The van der Waals surface area contributed by atoms with E-state index in [9.17, 15) is 9.90 Å². The van der Waals surface area contributed by atoms with Crippen LogP contribution in [0.5, 0.6) is 11.5 Å². The van der Waals surface area contributed by atoms with Crippen LogP contribution in [0.4, 0.5) is 0 Å².